The molecule has 0 saturated heterocycles. The van der Waals surface area contributed by atoms with Gasteiger partial charge in [0.1, 0.15) is 5.92 Å². The molecule has 15 heavy (non-hydrogen) atoms. The van der Waals surface area contributed by atoms with Crippen molar-refractivity contribution < 1.29 is 14.3 Å². The Hall–Kier alpha value is -1.32. The van der Waals surface area contributed by atoms with Gasteiger partial charge in [0.15, 0.2) is 5.78 Å². The van der Waals surface area contributed by atoms with Crippen molar-refractivity contribution in [2.24, 2.45) is 5.92 Å². The van der Waals surface area contributed by atoms with Gasteiger partial charge >= 0.3 is 5.97 Å². The number of Topliss-reactive ketones (excluding diaryl/α,β-unsaturated/α-hetero) is 1. The summed E-state index contributed by atoms with van der Waals surface area (Å²) >= 11 is 0. The van der Waals surface area contributed by atoms with E-state index >= 15 is 0 Å². The first-order valence-electron chi connectivity index (χ1n) is 5.05. The number of ketones is 1. The number of methoxy groups -OCH3 is 1. The van der Waals surface area contributed by atoms with Crippen molar-refractivity contribution in [3.8, 4) is 0 Å². The Kier molecular flexibility index (Phi) is 3.88. The van der Waals surface area contributed by atoms with Crippen molar-refractivity contribution in [2.45, 2.75) is 19.3 Å². The van der Waals surface area contributed by atoms with Crippen LogP contribution in [0.4, 0.5) is 0 Å². The first-order valence-corrected chi connectivity index (χ1v) is 5.05. The van der Waals surface area contributed by atoms with Crippen LogP contribution in [-0.2, 0) is 14.3 Å². The maximum atomic E-state index is 11.9. The van der Waals surface area contributed by atoms with Gasteiger partial charge in [-0.2, -0.15) is 0 Å². The van der Waals surface area contributed by atoms with Crippen molar-refractivity contribution in [3.05, 3.63) is 11.8 Å². The maximum absolute atomic E-state index is 11.9. The summed E-state index contributed by atoms with van der Waals surface area (Å²) in [6.45, 7) is 0. The van der Waals surface area contributed by atoms with Crippen LogP contribution in [0.3, 0.4) is 0 Å². The second kappa shape index (κ2) is 4.96. The SMILES string of the molecule is COC(=O)C1CCC/C(=C/N(C)C)C1=O. The number of hydrogen-bond acceptors (Lipinski definition) is 4. The van der Waals surface area contributed by atoms with E-state index in [1.54, 1.807) is 6.20 Å². The summed E-state index contributed by atoms with van der Waals surface area (Å²) in [7, 11) is 5.05. The molecule has 1 aliphatic rings. The zero-order chi connectivity index (χ0) is 11.4. The largest absolute Gasteiger partial charge is 0.468 e. The van der Waals surface area contributed by atoms with Crippen LogP contribution in [0.25, 0.3) is 0 Å². The molecule has 0 aliphatic heterocycles. The number of nitrogens with zero attached hydrogens (tertiary/aromatic N) is 1. The molecule has 0 bridgehead atoms. The van der Waals surface area contributed by atoms with E-state index in [0.717, 1.165) is 18.4 Å². The van der Waals surface area contributed by atoms with Gasteiger partial charge in [0, 0.05) is 25.9 Å². The number of carbonyl (C=O) groups is 2. The quantitative estimate of drug-likeness (QED) is 0.388. The second-order valence-corrected chi connectivity index (χ2v) is 3.95. The van der Waals surface area contributed by atoms with E-state index in [0.29, 0.717) is 6.42 Å². The van der Waals surface area contributed by atoms with E-state index in [-0.39, 0.29) is 5.78 Å². The molecule has 0 spiro atoms. The van der Waals surface area contributed by atoms with Crippen molar-refractivity contribution >= 4 is 11.8 Å². The minimum atomic E-state index is -0.588. The predicted molar refractivity (Wildman–Crippen MR) is 56.1 cm³/mol. The Bertz CT molecular complexity index is 294. The monoisotopic (exact) mass is 211 g/mol. The lowest BCUT2D eigenvalue weighted by Crippen LogP contribution is -2.30. The summed E-state index contributed by atoms with van der Waals surface area (Å²) in [5.41, 5.74) is 0.724. The minimum absolute atomic E-state index is 0.0817. The Labute approximate surface area is 89.9 Å². The van der Waals surface area contributed by atoms with Gasteiger partial charge in [-0.1, -0.05) is 0 Å². The van der Waals surface area contributed by atoms with Gasteiger partial charge in [-0.3, -0.25) is 9.59 Å². The standard InChI is InChI=1S/C11H17NO3/c1-12(2)7-8-5-4-6-9(10(8)13)11(14)15-3/h7,9H,4-6H2,1-3H3/b8-7-. The van der Waals surface area contributed by atoms with Gasteiger partial charge in [-0.15, -0.1) is 0 Å². The molecular formula is C11H17NO3. The van der Waals surface area contributed by atoms with Crippen molar-refractivity contribution in [1.29, 1.82) is 0 Å². The molecular weight excluding hydrogens is 194 g/mol. The fraction of sp³-hybridized carbons (Fsp3) is 0.636. The summed E-state index contributed by atoms with van der Waals surface area (Å²) < 4.78 is 4.61. The molecule has 0 amide bonds. The van der Waals surface area contributed by atoms with Gasteiger partial charge < -0.3 is 9.64 Å². The highest BCUT2D eigenvalue weighted by Gasteiger charge is 2.32. The molecule has 1 rings (SSSR count). The third kappa shape index (κ3) is 2.81. The molecule has 0 heterocycles. The molecule has 0 aromatic carbocycles. The van der Waals surface area contributed by atoms with E-state index in [1.165, 1.54) is 7.11 Å². The van der Waals surface area contributed by atoms with Gasteiger partial charge in [0.25, 0.3) is 0 Å². The molecule has 4 nitrogen and oxygen atoms in total. The van der Waals surface area contributed by atoms with Gasteiger partial charge in [-0.05, 0) is 19.3 Å². The van der Waals surface area contributed by atoms with E-state index in [1.807, 2.05) is 19.0 Å². The van der Waals surface area contributed by atoms with Crippen molar-refractivity contribution in [2.75, 3.05) is 21.2 Å². The zero-order valence-electron chi connectivity index (χ0n) is 9.45. The molecule has 1 aliphatic carbocycles. The zero-order valence-corrected chi connectivity index (χ0v) is 9.45. The number of rotatable bonds is 2. The Morgan fingerprint density at radius 1 is 1.53 bits per heavy atom. The molecule has 1 saturated carbocycles. The third-order valence-electron chi connectivity index (χ3n) is 2.47. The molecule has 0 radical (unpaired) electrons. The van der Waals surface area contributed by atoms with Crippen molar-refractivity contribution in [1.82, 2.24) is 4.90 Å². The molecule has 0 aromatic heterocycles. The lowest BCUT2D eigenvalue weighted by Gasteiger charge is -2.21. The Morgan fingerprint density at radius 3 is 2.73 bits per heavy atom. The molecule has 0 aromatic rings. The average Bonchev–Trinajstić information content (AvgIpc) is 2.19. The number of carbonyl (C=O) groups excluding carboxylic acids is 2. The van der Waals surface area contributed by atoms with Gasteiger partial charge in [0.05, 0.1) is 7.11 Å². The van der Waals surface area contributed by atoms with Gasteiger partial charge in [-0.25, -0.2) is 0 Å². The third-order valence-corrected chi connectivity index (χ3v) is 2.47. The highest BCUT2D eigenvalue weighted by atomic mass is 16.5. The number of ether oxygens (including phenoxy) is 1. The van der Waals surface area contributed by atoms with Crippen molar-refractivity contribution in [3.63, 3.8) is 0 Å². The predicted octanol–water partition coefficient (Wildman–Crippen LogP) is 0.974. The van der Waals surface area contributed by atoms with Crippen LogP contribution in [0.2, 0.25) is 0 Å². The highest BCUT2D eigenvalue weighted by Crippen LogP contribution is 2.26. The lowest BCUT2D eigenvalue weighted by molar-refractivity contribution is -0.149. The van der Waals surface area contributed by atoms with E-state index in [2.05, 4.69) is 4.74 Å². The molecule has 4 heteroatoms. The highest BCUT2D eigenvalue weighted by molar-refractivity contribution is 6.08. The first kappa shape index (κ1) is 11.8. The Morgan fingerprint density at radius 2 is 2.20 bits per heavy atom. The average molecular weight is 211 g/mol. The van der Waals surface area contributed by atoms with E-state index in [4.69, 9.17) is 0 Å². The second-order valence-electron chi connectivity index (χ2n) is 3.95. The van der Waals surface area contributed by atoms with Gasteiger partial charge in [0.2, 0.25) is 0 Å². The minimum Gasteiger partial charge on any atom is -0.468 e. The molecule has 1 unspecified atom stereocenters. The number of allylic oxidation sites excluding steroid dienone is 1. The van der Waals surface area contributed by atoms with Crippen LogP contribution in [0.15, 0.2) is 11.8 Å². The lowest BCUT2D eigenvalue weighted by atomic mass is 9.84. The topological polar surface area (TPSA) is 46.6 Å². The van der Waals surface area contributed by atoms with Crippen LogP contribution >= 0.6 is 0 Å². The summed E-state index contributed by atoms with van der Waals surface area (Å²) in [6.07, 6.45) is 4.02. The normalized spacial score (nSPS) is 24.1. The van der Waals surface area contributed by atoms with Crippen LogP contribution in [0, 0.1) is 5.92 Å². The first-order chi connectivity index (χ1) is 7.06. The van der Waals surface area contributed by atoms with Crippen LogP contribution in [-0.4, -0.2) is 37.9 Å². The summed E-state index contributed by atoms with van der Waals surface area (Å²) in [5, 5.41) is 0. The number of hydrogen-bond donors (Lipinski definition) is 0. The summed E-state index contributed by atoms with van der Waals surface area (Å²) in [4.78, 5) is 25.0. The van der Waals surface area contributed by atoms with Crippen LogP contribution in [0.5, 0.6) is 0 Å². The van der Waals surface area contributed by atoms with E-state index < -0.39 is 11.9 Å². The molecule has 84 valence electrons. The molecule has 1 fully saturated rings. The number of esters is 1. The fourth-order valence-corrected chi connectivity index (χ4v) is 1.78. The molecule has 0 N–H and O–H groups in total. The summed E-state index contributed by atoms with van der Waals surface area (Å²) in [6, 6.07) is 0. The molecule has 1 atom stereocenters. The summed E-state index contributed by atoms with van der Waals surface area (Å²) in [5.74, 6) is -1.08. The maximum Gasteiger partial charge on any atom is 0.316 e. The fourth-order valence-electron chi connectivity index (χ4n) is 1.78. The van der Waals surface area contributed by atoms with E-state index in [9.17, 15) is 9.59 Å². The van der Waals surface area contributed by atoms with Crippen LogP contribution in [0.1, 0.15) is 19.3 Å². The Balaban J connectivity index is 2.80. The van der Waals surface area contributed by atoms with Crippen LogP contribution < -0.4 is 0 Å². The smallest absolute Gasteiger partial charge is 0.316 e.